The second kappa shape index (κ2) is 11.2. The number of hydrogen-bond acceptors (Lipinski definition) is 6. The van der Waals surface area contributed by atoms with Gasteiger partial charge in [-0.25, -0.2) is 4.98 Å². The number of ether oxygens (including phenoxy) is 2. The molecule has 2 heterocycles. The summed E-state index contributed by atoms with van der Waals surface area (Å²) in [6, 6.07) is 12.2. The van der Waals surface area contributed by atoms with Crippen LogP contribution in [0, 0.1) is 0 Å². The number of rotatable bonds is 8. The van der Waals surface area contributed by atoms with Crippen molar-refractivity contribution in [2.45, 2.75) is 12.8 Å². The fourth-order valence-electron chi connectivity index (χ4n) is 3.76. The Bertz CT molecular complexity index is 1130. The first kappa shape index (κ1) is 25.2. The van der Waals surface area contributed by atoms with E-state index in [9.17, 15) is 18.0 Å². The number of halogens is 3. The average Bonchev–Trinajstić information content (AvgIpc) is 3.36. The number of thiazole rings is 1. The van der Waals surface area contributed by atoms with E-state index in [2.05, 4.69) is 9.88 Å². The number of aromatic nitrogens is 1. The third-order valence-corrected chi connectivity index (χ3v) is 6.65. The predicted octanol–water partition coefficient (Wildman–Crippen LogP) is 4.81. The molecule has 1 fully saturated rings. The molecule has 0 N–H and O–H groups in total. The van der Waals surface area contributed by atoms with Crippen molar-refractivity contribution >= 4 is 17.2 Å². The molecule has 1 aromatic heterocycles. The minimum atomic E-state index is -4.38. The summed E-state index contributed by atoms with van der Waals surface area (Å²) in [5, 5.41) is 2.49. The van der Waals surface area contributed by atoms with Crippen LogP contribution in [0.4, 0.5) is 13.2 Å². The molecule has 35 heavy (non-hydrogen) atoms. The Hall–Kier alpha value is -2.95. The summed E-state index contributed by atoms with van der Waals surface area (Å²) in [4.78, 5) is 21.5. The standard InChI is InChI=1S/C25H26F3N3O3S/c1-33-14-13-30-9-11-31(12-10-30)24(32)22-17-35-23(29-22)19-5-7-21(8-6-19)34-16-18-3-2-4-20(15-18)25(26,27)28/h2-8,15,17H,9-14,16H2,1H3. The number of carbonyl (C=O) groups excluding carboxylic acids is 1. The van der Waals surface area contributed by atoms with E-state index in [4.69, 9.17) is 9.47 Å². The van der Waals surface area contributed by atoms with Crippen LogP contribution in [0.15, 0.2) is 53.9 Å². The van der Waals surface area contributed by atoms with E-state index in [0.29, 0.717) is 36.7 Å². The molecule has 2 aromatic carbocycles. The van der Waals surface area contributed by atoms with Crippen molar-refractivity contribution in [3.8, 4) is 16.3 Å². The Morgan fingerprint density at radius 3 is 2.51 bits per heavy atom. The number of hydrogen-bond donors (Lipinski definition) is 0. The topological polar surface area (TPSA) is 54.9 Å². The molecule has 0 radical (unpaired) electrons. The van der Waals surface area contributed by atoms with Gasteiger partial charge in [-0.3, -0.25) is 9.69 Å². The molecule has 3 aromatic rings. The number of alkyl halides is 3. The number of methoxy groups -OCH3 is 1. The van der Waals surface area contributed by atoms with Crippen LogP contribution in [0.1, 0.15) is 21.6 Å². The Labute approximate surface area is 205 Å². The van der Waals surface area contributed by atoms with Crippen LogP contribution in [-0.2, 0) is 17.5 Å². The SMILES string of the molecule is COCCN1CCN(C(=O)c2csc(-c3ccc(OCc4cccc(C(F)(F)F)c4)cc3)n2)CC1. The molecular weight excluding hydrogens is 479 g/mol. The van der Waals surface area contributed by atoms with Gasteiger partial charge in [-0.1, -0.05) is 12.1 Å². The van der Waals surface area contributed by atoms with Gasteiger partial charge in [-0.2, -0.15) is 13.2 Å². The van der Waals surface area contributed by atoms with E-state index in [-0.39, 0.29) is 12.5 Å². The minimum Gasteiger partial charge on any atom is -0.489 e. The highest BCUT2D eigenvalue weighted by Crippen LogP contribution is 2.30. The smallest absolute Gasteiger partial charge is 0.416 e. The van der Waals surface area contributed by atoms with E-state index < -0.39 is 11.7 Å². The summed E-state index contributed by atoms with van der Waals surface area (Å²) >= 11 is 1.39. The van der Waals surface area contributed by atoms with Crippen LogP contribution in [0.5, 0.6) is 5.75 Å². The molecule has 0 aliphatic carbocycles. The summed E-state index contributed by atoms with van der Waals surface area (Å²) < 4.78 is 49.4. The zero-order valence-corrected chi connectivity index (χ0v) is 20.1. The third-order valence-electron chi connectivity index (χ3n) is 5.76. The molecule has 4 rings (SSSR count). The van der Waals surface area contributed by atoms with Gasteiger partial charge in [0.05, 0.1) is 12.2 Å². The second-order valence-electron chi connectivity index (χ2n) is 8.18. The molecule has 0 spiro atoms. The first-order valence-corrected chi connectivity index (χ1v) is 12.1. The molecule has 1 aliphatic heterocycles. The number of benzene rings is 2. The van der Waals surface area contributed by atoms with Crippen LogP contribution in [-0.4, -0.2) is 67.1 Å². The molecule has 0 unspecified atom stereocenters. The normalized spacial score (nSPS) is 14.8. The lowest BCUT2D eigenvalue weighted by molar-refractivity contribution is -0.137. The van der Waals surface area contributed by atoms with E-state index in [1.54, 1.807) is 30.7 Å². The molecule has 0 atom stereocenters. The first-order valence-electron chi connectivity index (χ1n) is 11.2. The summed E-state index contributed by atoms with van der Waals surface area (Å²) in [6.07, 6.45) is -4.38. The fourth-order valence-corrected chi connectivity index (χ4v) is 4.56. The summed E-state index contributed by atoms with van der Waals surface area (Å²) in [5.74, 6) is 0.463. The van der Waals surface area contributed by atoms with E-state index in [1.165, 1.54) is 17.4 Å². The van der Waals surface area contributed by atoms with Crippen molar-refractivity contribution < 1.29 is 27.4 Å². The van der Waals surface area contributed by atoms with Gasteiger partial charge in [0.1, 0.15) is 23.1 Å². The zero-order valence-electron chi connectivity index (χ0n) is 19.3. The maximum absolute atomic E-state index is 12.9. The van der Waals surface area contributed by atoms with Crippen LogP contribution in [0.3, 0.4) is 0 Å². The predicted molar refractivity (Wildman–Crippen MR) is 128 cm³/mol. The fraction of sp³-hybridized carbons (Fsp3) is 0.360. The largest absolute Gasteiger partial charge is 0.489 e. The Balaban J connectivity index is 1.32. The van der Waals surface area contributed by atoms with Gasteiger partial charge in [0.15, 0.2) is 0 Å². The molecule has 1 amide bonds. The summed E-state index contributed by atoms with van der Waals surface area (Å²) in [5.41, 5.74) is 1.01. The lowest BCUT2D eigenvalue weighted by atomic mass is 10.1. The van der Waals surface area contributed by atoms with Crippen molar-refractivity contribution in [2.24, 2.45) is 0 Å². The summed E-state index contributed by atoms with van der Waals surface area (Å²) in [7, 11) is 1.68. The molecule has 1 saturated heterocycles. The van der Waals surface area contributed by atoms with Crippen molar-refractivity contribution in [1.82, 2.24) is 14.8 Å². The summed E-state index contributed by atoms with van der Waals surface area (Å²) in [6.45, 7) is 4.51. The van der Waals surface area contributed by atoms with Gasteiger partial charge in [0, 0.05) is 50.8 Å². The number of piperazine rings is 1. The maximum Gasteiger partial charge on any atom is 0.416 e. The van der Waals surface area contributed by atoms with E-state index in [1.807, 2.05) is 17.0 Å². The van der Waals surface area contributed by atoms with Gasteiger partial charge in [0.2, 0.25) is 0 Å². The van der Waals surface area contributed by atoms with Gasteiger partial charge in [-0.15, -0.1) is 11.3 Å². The Kier molecular flexibility index (Phi) is 8.04. The molecular formula is C25H26F3N3O3S. The highest BCUT2D eigenvalue weighted by atomic mass is 32.1. The number of carbonyl (C=O) groups is 1. The number of nitrogens with zero attached hydrogens (tertiary/aromatic N) is 3. The third kappa shape index (κ3) is 6.59. The van der Waals surface area contributed by atoms with Crippen molar-refractivity contribution in [3.05, 3.63) is 70.7 Å². The highest BCUT2D eigenvalue weighted by molar-refractivity contribution is 7.13. The van der Waals surface area contributed by atoms with Crippen LogP contribution < -0.4 is 4.74 Å². The first-order chi connectivity index (χ1) is 16.8. The van der Waals surface area contributed by atoms with Crippen LogP contribution in [0.2, 0.25) is 0 Å². The molecule has 1 aliphatic rings. The molecule has 0 bridgehead atoms. The molecule has 6 nitrogen and oxygen atoms in total. The van der Waals surface area contributed by atoms with E-state index in [0.717, 1.165) is 42.3 Å². The molecule has 10 heteroatoms. The highest BCUT2D eigenvalue weighted by Gasteiger charge is 2.30. The minimum absolute atomic E-state index is 0.0257. The second-order valence-corrected chi connectivity index (χ2v) is 9.03. The van der Waals surface area contributed by atoms with Crippen molar-refractivity contribution in [3.63, 3.8) is 0 Å². The quantitative estimate of drug-likeness (QED) is 0.440. The monoisotopic (exact) mass is 505 g/mol. The average molecular weight is 506 g/mol. The Morgan fingerprint density at radius 1 is 1.09 bits per heavy atom. The Morgan fingerprint density at radius 2 is 1.83 bits per heavy atom. The van der Waals surface area contributed by atoms with Crippen molar-refractivity contribution in [1.29, 1.82) is 0 Å². The maximum atomic E-state index is 12.9. The van der Waals surface area contributed by atoms with Gasteiger partial charge >= 0.3 is 6.18 Å². The van der Waals surface area contributed by atoms with Gasteiger partial charge in [0.25, 0.3) is 5.91 Å². The number of amides is 1. The van der Waals surface area contributed by atoms with E-state index >= 15 is 0 Å². The van der Waals surface area contributed by atoms with Gasteiger partial charge < -0.3 is 14.4 Å². The lowest BCUT2D eigenvalue weighted by Crippen LogP contribution is -2.49. The van der Waals surface area contributed by atoms with Crippen molar-refractivity contribution in [2.75, 3.05) is 46.4 Å². The van der Waals surface area contributed by atoms with Gasteiger partial charge in [-0.05, 0) is 42.0 Å². The van der Waals surface area contributed by atoms with Crippen LogP contribution in [0.25, 0.3) is 10.6 Å². The zero-order chi connectivity index (χ0) is 24.8. The molecule has 186 valence electrons. The van der Waals surface area contributed by atoms with Crippen LogP contribution >= 0.6 is 11.3 Å². The molecule has 0 saturated carbocycles. The lowest BCUT2D eigenvalue weighted by Gasteiger charge is -2.34.